The monoisotopic (exact) mass is 314 g/mol. The smallest absolute Gasteiger partial charge is 0.287 e. The molecular weight excluding hydrogens is 292 g/mol. The van der Waals surface area contributed by atoms with Gasteiger partial charge in [0.25, 0.3) is 11.8 Å². The number of hydrogen-bond donors (Lipinski definition) is 2. The second-order valence-corrected chi connectivity index (χ2v) is 5.20. The second kappa shape index (κ2) is 8.12. The molecule has 6 heteroatoms. The Balaban J connectivity index is 2.24. The highest BCUT2D eigenvalue weighted by molar-refractivity contribution is 6.02. The molecule has 0 saturated heterocycles. The number of carbonyl (C=O) groups is 2. The number of pyridine rings is 1. The Kier molecular flexibility index (Phi) is 5.91. The maximum Gasteiger partial charge on any atom is 0.287 e. The number of nitrogens with zero attached hydrogens (tertiary/aromatic N) is 2. The van der Waals surface area contributed by atoms with Gasteiger partial charge in [0.15, 0.2) is 5.69 Å². The minimum atomic E-state index is -0.337. The van der Waals surface area contributed by atoms with Gasteiger partial charge in [0.1, 0.15) is 0 Å². The quantitative estimate of drug-likeness (QED) is 0.579. The number of hydrogen-bond acceptors (Lipinski definition) is 3. The van der Waals surface area contributed by atoms with E-state index in [1.165, 1.54) is 0 Å². The lowest BCUT2D eigenvalue weighted by molar-refractivity contribution is 0.0946. The van der Waals surface area contributed by atoms with Crippen molar-refractivity contribution in [3.63, 3.8) is 0 Å². The summed E-state index contributed by atoms with van der Waals surface area (Å²) in [5, 5.41) is 5.54. The normalized spacial score (nSPS) is 10.5. The van der Waals surface area contributed by atoms with Gasteiger partial charge in [-0.25, -0.2) is 4.98 Å². The molecule has 23 heavy (non-hydrogen) atoms. The zero-order valence-corrected chi connectivity index (χ0v) is 13.3. The third-order valence-corrected chi connectivity index (χ3v) is 3.44. The lowest BCUT2D eigenvalue weighted by Gasteiger charge is -2.02. The fraction of sp³-hybridized carbons (Fsp3) is 0.353. The summed E-state index contributed by atoms with van der Waals surface area (Å²) in [5.74, 6) is -0.398. The largest absolute Gasteiger partial charge is 0.351 e. The Morgan fingerprint density at radius 2 is 2.09 bits per heavy atom. The first-order valence-corrected chi connectivity index (χ1v) is 7.83. The Hall–Kier alpha value is -2.63. The van der Waals surface area contributed by atoms with Gasteiger partial charge in [-0.3, -0.25) is 14.0 Å². The molecule has 0 atom stereocenters. The van der Waals surface area contributed by atoms with Crippen LogP contribution in [0.25, 0.3) is 5.52 Å². The van der Waals surface area contributed by atoms with Crippen molar-refractivity contribution < 1.29 is 9.59 Å². The van der Waals surface area contributed by atoms with E-state index in [4.69, 9.17) is 0 Å². The predicted octanol–water partition coefficient (Wildman–Crippen LogP) is 2.17. The van der Waals surface area contributed by atoms with Crippen LogP contribution >= 0.6 is 0 Å². The number of rotatable bonds is 8. The summed E-state index contributed by atoms with van der Waals surface area (Å²) < 4.78 is 1.62. The van der Waals surface area contributed by atoms with Crippen LogP contribution in [0.3, 0.4) is 0 Å². The molecule has 0 spiro atoms. The molecule has 2 rings (SSSR count). The minimum Gasteiger partial charge on any atom is -0.351 e. The molecule has 0 aliphatic carbocycles. The van der Waals surface area contributed by atoms with Crippen molar-refractivity contribution in [3.8, 4) is 0 Å². The highest BCUT2D eigenvalue weighted by atomic mass is 16.2. The first kappa shape index (κ1) is 16.7. The summed E-state index contributed by atoms with van der Waals surface area (Å²) in [4.78, 5) is 28.8. The van der Waals surface area contributed by atoms with E-state index in [1.54, 1.807) is 28.8 Å². The zero-order chi connectivity index (χ0) is 16.7. The zero-order valence-electron chi connectivity index (χ0n) is 13.3. The van der Waals surface area contributed by atoms with Gasteiger partial charge in [0.05, 0.1) is 5.52 Å². The van der Waals surface area contributed by atoms with Crippen LogP contribution in [0, 0.1) is 0 Å². The van der Waals surface area contributed by atoms with Crippen molar-refractivity contribution in [2.24, 2.45) is 0 Å². The molecular formula is C17H22N4O2. The van der Waals surface area contributed by atoms with Crippen molar-refractivity contribution in [3.05, 3.63) is 48.6 Å². The van der Waals surface area contributed by atoms with Gasteiger partial charge in [-0.1, -0.05) is 31.9 Å². The van der Waals surface area contributed by atoms with Gasteiger partial charge >= 0.3 is 0 Å². The predicted molar refractivity (Wildman–Crippen MR) is 89.6 cm³/mol. The number of aromatic nitrogens is 2. The molecule has 2 amide bonds. The minimum absolute atomic E-state index is 0.196. The van der Waals surface area contributed by atoms with Gasteiger partial charge in [-0.05, 0) is 18.6 Å². The lowest BCUT2D eigenvalue weighted by atomic mass is 10.2. The van der Waals surface area contributed by atoms with E-state index in [1.807, 2.05) is 6.07 Å². The Labute approximate surface area is 135 Å². The maximum atomic E-state index is 12.3. The average Bonchev–Trinajstić information content (AvgIpc) is 2.96. The van der Waals surface area contributed by atoms with Gasteiger partial charge in [0.2, 0.25) is 5.82 Å². The standard InChI is InChI=1S/C17H22N4O2/c1-3-5-7-11-19-16(22)14-13-9-6-8-12-21(13)15(20-14)17(23)18-10-4-2/h4,6,8-9,12H,2-3,5,7,10-11H2,1H3,(H,18,23)(H,19,22). The Morgan fingerprint density at radius 3 is 2.83 bits per heavy atom. The summed E-state index contributed by atoms with van der Waals surface area (Å²) in [6.07, 6.45) is 6.41. The molecule has 0 fully saturated rings. The van der Waals surface area contributed by atoms with Crippen molar-refractivity contribution in [2.45, 2.75) is 26.2 Å². The third-order valence-electron chi connectivity index (χ3n) is 3.44. The van der Waals surface area contributed by atoms with E-state index in [9.17, 15) is 9.59 Å². The number of carbonyl (C=O) groups excluding carboxylic acids is 2. The third kappa shape index (κ3) is 3.97. The molecule has 122 valence electrons. The second-order valence-electron chi connectivity index (χ2n) is 5.20. The van der Waals surface area contributed by atoms with Crippen LogP contribution in [0.5, 0.6) is 0 Å². The molecule has 2 N–H and O–H groups in total. The molecule has 2 heterocycles. The van der Waals surface area contributed by atoms with Crippen molar-refractivity contribution in [2.75, 3.05) is 13.1 Å². The molecule has 0 radical (unpaired) electrons. The molecule has 2 aromatic heterocycles. The van der Waals surface area contributed by atoms with E-state index in [0.717, 1.165) is 19.3 Å². The van der Waals surface area contributed by atoms with Crippen LogP contribution in [0.15, 0.2) is 37.1 Å². The number of fused-ring (bicyclic) bond motifs is 1. The molecule has 0 saturated carbocycles. The number of nitrogens with one attached hydrogen (secondary N) is 2. The molecule has 0 aliphatic heterocycles. The van der Waals surface area contributed by atoms with E-state index in [0.29, 0.717) is 18.6 Å². The Morgan fingerprint density at radius 1 is 1.26 bits per heavy atom. The topological polar surface area (TPSA) is 75.5 Å². The molecule has 0 unspecified atom stereocenters. The number of unbranched alkanes of at least 4 members (excludes halogenated alkanes) is 2. The van der Waals surface area contributed by atoms with E-state index in [2.05, 4.69) is 29.1 Å². The van der Waals surface area contributed by atoms with Gasteiger partial charge in [0, 0.05) is 19.3 Å². The van der Waals surface area contributed by atoms with Crippen LogP contribution in [-0.4, -0.2) is 34.3 Å². The highest BCUT2D eigenvalue weighted by Gasteiger charge is 2.20. The Bertz CT molecular complexity index is 706. The van der Waals surface area contributed by atoms with Gasteiger partial charge in [-0.2, -0.15) is 0 Å². The summed E-state index contributed by atoms with van der Waals surface area (Å²) >= 11 is 0. The number of amides is 2. The van der Waals surface area contributed by atoms with Crippen LogP contribution in [0.1, 0.15) is 47.3 Å². The van der Waals surface area contributed by atoms with Gasteiger partial charge < -0.3 is 10.6 Å². The summed E-state index contributed by atoms with van der Waals surface area (Å²) in [7, 11) is 0. The van der Waals surface area contributed by atoms with E-state index < -0.39 is 0 Å². The van der Waals surface area contributed by atoms with Crippen molar-refractivity contribution >= 4 is 17.3 Å². The maximum absolute atomic E-state index is 12.3. The summed E-state index contributed by atoms with van der Waals surface area (Å²) in [6.45, 7) is 6.63. The summed E-state index contributed by atoms with van der Waals surface area (Å²) in [6, 6.07) is 5.39. The van der Waals surface area contributed by atoms with Gasteiger partial charge in [-0.15, -0.1) is 6.58 Å². The molecule has 6 nitrogen and oxygen atoms in total. The van der Waals surface area contributed by atoms with Crippen LogP contribution in [0.4, 0.5) is 0 Å². The van der Waals surface area contributed by atoms with Crippen molar-refractivity contribution in [1.29, 1.82) is 0 Å². The molecule has 0 aromatic carbocycles. The van der Waals surface area contributed by atoms with Crippen molar-refractivity contribution in [1.82, 2.24) is 20.0 Å². The lowest BCUT2D eigenvalue weighted by Crippen LogP contribution is -2.26. The van der Waals surface area contributed by atoms with E-state index in [-0.39, 0.29) is 23.3 Å². The molecule has 2 aromatic rings. The highest BCUT2D eigenvalue weighted by Crippen LogP contribution is 2.13. The average molecular weight is 314 g/mol. The van der Waals surface area contributed by atoms with Crippen LogP contribution < -0.4 is 10.6 Å². The fourth-order valence-corrected chi connectivity index (χ4v) is 2.27. The fourth-order valence-electron chi connectivity index (χ4n) is 2.27. The number of imidazole rings is 1. The SMILES string of the molecule is C=CCNC(=O)c1nc(C(=O)NCCCCC)c2ccccn12. The molecule has 0 bridgehead atoms. The van der Waals surface area contributed by atoms with Crippen LogP contribution in [-0.2, 0) is 0 Å². The van der Waals surface area contributed by atoms with E-state index >= 15 is 0 Å². The first-order chi connectivity index (χ1) is 11.2. The first-order valence-electron chi connectivity index (χ1n) is 7.83. The summed E-state index contributed by atoms with van der Waals surface area (Å²) in [5.41, 5.74) is 0.884. The van der Waals surface area contributed by atoms with Crippen LogP contribution in [0.2, 0.25) is 0 Å². The molecule has 0 aliphatic rings.